The van der Waals surface area contributed by atoms with Crippen LogP contribution < -0.4 is 10.6 Å². The van der Waals surface area contributed by atoms with E-state index >= 15 is 0 Å². The van der Waals surface area contributed by atoms with Crippen molar-refractivity contribution in [2.24, 2.45) is 0 Å². The van der Waals surface area contributed by atoms with Gasteiger partial charge < -0.3 is 20.1 Å². The van der Waals surface area contributed by atoms with E-state index in [1.807, 2.05) is 0 Å². The van der Waals surface area contributed by atoms with Crippen LogP contribution in [0.15, 0.2) is 18.2 Å². The molecule has 0 bridgehead atoms. The molecule has 3 rings (SSSR count). The lowest BCUT2D eigenvalue weighted by atomic mass is 9.95. The predicted molar refractivity (Wildman–Crippen MR) is 99.5 cm³/mol. The number of hydrogen-bond acceptors (Lipinski definition) is 4. The van der Waals surface area contributed by atoms with Gasteiger partial charge in [-0.05, 0) is 77.7 Å². The molecule has 0 aromatic heterocycles. The summed E-state index contributed by atoms with van der Waals surface area (Å²) < 4.78 is 38.1. The minimum atomic E-state index is -0.725. The molecule has 27 heavy (non-hydrogen) atoms. The minimum absolute atomic E-state index is 0.112. The first-order valence-corrected chi connectivity index (χ1v) is 9.53. The van der Waals surface area contributed by atoms with Crippen LogP contribution in [0.25, 0.3) is 0 Å². The van der Waals surface area contributed by atoms with E-state index in [0.717, 1.165) is 24.6 Å². The molecule has 2 fully saturated rings. The Kier molecular flexibility index (Phi) is 7.98. The lowest BCUT2D eigenvalue weighted by Gasteiger charge is -2.33. The van der Waals surface area contributed by atoms with Crippen molar-refractivity contribution < 1.29 is 23.0 Å². The zero-order valence-corrected chi connectivity index (χ0v) is 16.3. The number of ether oxygens (including phenoxy) is 2. The highest BCUT2D eigenvalue weighted by molar-refractivity contribution is 5.68. The maximum absolute atomic E-state index is 13.9. The van der Waals surface area contributed by atoms with Crippen LogP contribution in [0.2, 0.25) is 0 Å². The van der Waals surface area contributed by atoms with E-state index in [1.54, 1.807) is 20.8 Å². The van der Waals surface area contributed by atoms with E-state index in [0.29, 0.717) is 13.0 Å². The fraction of sp³-hybridized carbons (Fsp3) is 0.650. The van der Waals surface area contributed by atoms with Gasteiger partial charge in [0.1, 0.15) is 23.3 Å². The van der Waals surface area contributed by atoms with Gasteiger partial charge in [-0.3, -0.25) is 0 Å². The van der Waals surface area contributed by atoms with Crippen molar-refractivity contribution in [3.8, 4) is 0 Å². The first-order chi connectivity index (χ1) is 12.8. The van der Waals surface area contributed by atoms with Gasteiger partial charge in [-0.15, -0.1) is 0 Å². The Morgan fingerprint density at radius 3 is 2.52 bits per heavy atom. The van der Waals surface area contributed by atoms with Crippen LogP contribution in [0.1, 0.15) is 58.1 Å². The molecule has 0 aliphatic carbocycles. The largest absolute Gasteiger partial charge is 0.444 e. The third-order valence-corrected chi connectivity index (χ3v) is 4.25. The SMILES string of the molecule is C1CCNC1.CC(C)(C)OC(=O)NC1CCCO[C@@H]1c1cc(F)ccc1F. The Morgan fingerprint density at radius 2 is 1.93 bits per heavy atom. The molecule has 152 valence electrons. The first-order valence-electron chi connectivity index (χ1n) is 9.53. The quantitative estimate of drug-likeness (QED) is 0.807. The summed E-state index contributed by atoms with van der Waals surface area (Å²) >= 11 is 0. The highest BCUT2D eigenvalue weighted by atomic mass is 19.1. The molecular formula is C20H30F2N2O3. The fourth-order valence-electron chi connectivity index (χ4n) is 3.05. The van der Waals surface area contributed by atoms with Gasteiger partial charge in [0, 0.05) is 12.2 Å². The van der Waals surface area contributed by atoms with Gasteiger partial charge in [-0.2, -0.15) is 0 Å². The smallest absolute Gasteiger partial charge is 0.407 e. The Labute approximate surface area is 159 Å². The second kappa shape index (κ2) is 9.99. The second-order valence-corrected chi connectivity index (χ2v) is 7.81. The molecule has 2 aliphatic rings. The molecule has 1 amide bonds. The lowest BCUT2D eigenvalue weighted by molar-refractivity contribution is -0.0181. The topological polar surface area (TPSA) is 59.6 Å². The predicted octanol–water partition coefficient (Wildman–Crippen LogP) is 4.08. The molecular weight excluding hydrogens is 354 g/mol. The fourth-order valence-corrected chi connectivity index (χ4v) is 3.05. The van der Waals surface area contributed by atoms with Crippen LogP contribution in [-0.4, -0.2) is 37.4 Å². The third kappa shape index (κ3) is 7.42. The molecule has 0 radical (unpaired) electrons. The molecule has 2 N–H and O–H groups in total. The number of benzene rings is 1. The zero-order valence-electron chi connectivity index (χ0n) is 16.3. The maximum Gasteiger partial charge on any atom is 0.407 e. The van der Waals surface area contributed by atoms with E-state index in [4.69, 9.17) is 9.47 Å². The monoisotopic (exact) mass is 384 g/mol. The third-order valence-electron chi connectivity index (χ3n) is 4.25. The molecule has 2 saturated heterocycles. The summed E-state index contributed by atoms with van der Waals surface area (Å²) in [5.74, 6) is -1.09. The van der Waals surface area contributed by atoms with E-state index in [9.17, 15) is 13.6 Å². The highest BCUT2D eigenvalue weighted by Gasteiger charge is 2.32. The average molecular weight is 384 g/mol. The molecule has 5 nitrogen and oxygen atoms in total. The second-order valence-electron chi connectivity index (χ2n) is 7.81. The van der Waals surface area contributed by atoms with Gasteiger partial charge in [0.2, 0.25) is 0 Å². The van der Waals surface area contributed by atoms with Crippen molar-refractivity contribution in [3.63, 3.8) is 0 Å². The summed E-state index contributed by atoms with van der Waals surface area (Å²) in [7, 11) is 0. The van der Waals surface area contributed by atoms with Crippen LogP contribution in [0.4, 0.5) is 13.6 Å². The molecule has 7 heteroatoms. The molecule has 0 spiro atoms. The van der Waals surface area contributed by atoms with Gasteiger partial charge in [0.05, 0.1) is 6.04 Å². The Bertz CT molecular complexity index is 608. The number of halogens is 2. The van der Waals surface area contributed by atoms with Crippen molar-refractivity contribution in [2.75, 3.05) is 19.7 Å². The summed E-state index contributed by atoms with van der Waals surface area (Å²) in [4.78, 5) is 11.9. The summed E-state index contributed by atoms with van der Waals surface area (Å²) in [5, 5.41) is 5.92. The normalized spacial score (nSPS) is 22.6. The number of hydrogen-bond donors (Lipinski definition) is 2. The van der Waals surface area contributed by atoms with Crippen LogP contribution in [0.5, 0.6) is 0 Å². The zero-order chi connectivity index (χ0) is 19.9. The van der Waals surface area contributed by atoms with Crippen LogP contribution in [-0.2, 0) is 9.47 Å². The van der Waals surface area contributed by atoms with Gasteiger partial charge in [-0.25, -0.2) is 13.6 Å². The van der Waals surface area contributed by atoms with Gasteiger partial charge in [0.15, 0.2) is 0 Å². The molecule has 1 aromatic carbocycles. The van der Waals surface area contributed by atoms with E-state index in [2.05, 4.69) is 10.6 Å². The van der Waals surface area contributed by atoms with Crippen molar-refractivity contribution in [1.29, 1.82) is 0 Å². The maximum atomic E-state index is 13.9. The van der Waals surface area contributed by atoms with Crippen molar-refractivity contribution in [3.05, 3.63) is 35.4 Å². The average Bonchev–Trinajstić information content (AvgIpc) is 3.16. The highest BCUT2D eigenvalue weighted by Crippen LogP contribution is 2.31. The number of nitrogens with one attached hydrogen (secondary N) is 2. The van der Waals surface area contributed by atoms with E-state index in [1.165, 1.54) is 25.9 Å². The van der Waals surface area contributed by atoms with E-state index in [-0.39, 0.29) is 5.56 Å². The molecule has 2 heterocycles. The summed E-state index contributed by atoms with van der Waals surface area (Å²) in [6, 6.07) is 2.76. The number of rotatable bonds is 2. The summed E-state index contributed by atoms with van der Waals surface area (Å²) in [6.45, 7) is 8.21. The van der Waals surface area contributed by atoms with Crippen molar-refractivity contribution in [2.45, 2.75) is 64.2 Å². The van der Waals surface area contributed by atoms with E-state index < -0.39 is 35.5 Å². The van der Waals surface area contributed by atoms with Crippen molar-refractivity contribution >= 4 is 6.09 Å². The van der Waals surface area contributed by atoms with Gasteiger partial charge in [-0.1, -0.05) is 0 Å². The summed E-state index contributed by atoms with van der Waals surface area (Å²) in [5.41, 5.74) is -0.514. The number of amides is 1. The van der Waals surface area contributed by atoms with Gasteiger partial charge in [0.25, 0.3) is 0 Å². The standard InChI is InChI=1S/C16H21F2NO3.C4H9N/c1-16(2,3)22-15(20)19-13-5-4-8-21-14(13)11-9-10(17)6-7-12(11)18;1-2-4-5-3-1/h6-7,9,13-14H,4-5,8H2,1-3H3,(H,19,20);5H,1-4H2/t13?,14-;/m1./s1. The van der Waals surface area contributed by atoms with Crippen molar-refractivity contribution in [1.82, 2.24) is 10.6 Å². The number of carbonyl (C=O) groups excluding carboxylic acids is 1. The van der Waals surface area contributed by atoms with Crippen LogP contribution in [0, 0.1) is 11.6 Å². The molecule has 1 aromatic rings. The number of alkyl carbamates (subject to hydrolysis) is 1. The Hall–Kier alpha value is -1.73. The molecule has 2 atom stereocenters. The first kappa shape index (κ1) is 21.6. The summed E-state index contributed by atoms with van der Waals surface area (Å²) in [6.07, 6.45) is 2.80. The van der Waals surface area contributed by atoms with Crippen LogP contribution >= 0.6 is 0 Å². The van der Waals surface area contributed by atoms with Gasteiger partial charge >= 0.3 is 6.09 Å². The number of carbonyl (C=O) groups is 1. The minimum Gasteiger partial charge on any atom is -0.444 e. The molecule has 0 saturated carbocycles. The Morgan fingerprint density at radius 1 is 1.22 bits per heavy atom. The Balaban J connectivity index is 0.000000451. The molecule has 2 aliphatic heterocycles. The lowest BCUT2D eigenvalue weighted by Crippen LogP contribution is -2.45. The van der Waals surface area contributed by atoms with Crippen LogP contribution in [0.3, 0.4) is 0 Å². The molecule has 1 unspecified atom stereocenters.